The Balaban J connectivity index is 1.54. The molecule has 1 aromatic carbocycles. The second-order valence-electron chi connectivity index (χ2n) is 9.15. The maximum Gasteiger partial charge on any atom is 0.311 e. The molecule has 3 heterocycles. The Hall–Kier alpha value is -3.24. The van der Waals surface area contributed by atoms with Gasteiger partial charge in [-0.3, -0.25) is 9.52 Å². The SMILES string of the molecule is CCOC(=O)C1(C)CCN(c2cccc(S(=O)(=O)Nc3ccc(Cl)c(-c4cccc(F)c4C)n3)n2)CC1. The molecular weight excluding hydrogens is 519 g/mol. The van der Waals surface area contributed by atoms with Crippen molar-refractivity contribution in [3.05, 3.63) is 64.9 Å². The van der Waals surface area contributed by atoms with E-state index in [2.05, 4.69) is 14.7 Å². The molecule has 1 N–H and O–H groups in total. The van der Waals surface area contributed by atoms with E-state index >= 15 is 0 Å². The van der Waals surface area contributed by atoms with Crippen LogP contribution in [0.1, 0.15) is 32.3 Å². The molecule has 0 atom stereocenters. The highest BCUT2D eigenvalue weighted by molar-refractivity contribution is 7.92. The van der Waals surface area contributed by atoms with Gasteiger partial charge < -0.3 is 9.64 Å². The minimum Gasteiger partial charge on any atom is -0.466 e. The van der Waals surface area contributed by atoms with Crippen LogP contribution >= 0.6 is 11.6 Å². The third kappa shape index (κ3) is 5.70. The smallest absolute Gasteiger partial charge is 0.311 e. The standard InChI is InChI=1S/C26H28ClFN4O4S/c1-4-36-25(33)26(3)13-15-32(16-14-26)22-9-6-10-23(30-22)37(34,35)31-21-12-11-19(27)24(29-21)18-7-5-8-20(28)17(18)2/h5-12H,4,13-16H2,1-3H3,(H,29,31). The van der Waals surface area contributed by atoms with E-state index in [1.165, 1.54) is 30.3 Å². The summed E-state index contributed by atoms with van der Waals surface area (Å²) in [7, 11) is -4.09. The zero-order valence-corrected chi connectivity index (χ0v) is 22.4. The summed E-state index contributed by atoms with van der Waals surface area (Å²) in [5, 5.41) is 0.0839. The molecule has 0 unspecified atom stereocenters. The second-order valence-corrected chi connectivity index (χ2v) is 11.2. The molecule has 1 fully saturated rings. The van der Waals surface area contributed by atoms with Crippen molar-refractivity contribution in [3.8, 4) is 11.3 Å². The van der Waals surface area contributed by atoms with Crippen molar-refractivity contribution in [2.24, 2.45) is 5.41 Å². The molecule has 0 spiro atoms. The number of carbonyl (C=O) groups is 1. The lowest BCUT2D eigenvalue weighted by Gasteiger charge is -2.38. The van der Waals surface area contributed by atoms with Gasteiger partial charge in [0.1, 0.15) is 17.5 Å². The van der Waals surface area contributed by atoms with Crippen LogP contribution in [0.2, 0.25) is 5.02 Å². The molecule has 11 heteroatoms. The molecule has 3 aromatic rings. The van der Waals surface area contributed by atoms with Crippen LogP contribution in [0.4, 0.5) is 16.0 Å². The monoisotopic (exact) mass is 546 g/mol. The fourth-order valence-corrected chi connectivity index (χ4v) is 5.38. The number of nitrogens with one attached hydrogen (secondary N) is 1. The van der Waals surface area contributed by atoms with Crippen LogP contribution in [-0.2, 0) is 19.6 Å². The molecule has 1 aliphatic rings. The molecule has 0 radical (unpaired) electrons. The fourth-order valence-electron chi connectivity index (χ4n) is 4.21. The molecular formula is C26H28ClFN4O4S. The van der Waals surface area contributed by atoms with Crippen molar-refractivity contribution < 1.29 is 22.3 Å². The van der Waals surface area contributed by atoms with E-state index in [0.717, 1.165) is 0 Å². The van der Waals surface area contributed by atoms with Crippen LogP contribution in [0.25, 0.3) is 11.3 Å². The lowest BCUT2D eigenvalue weighted by molar-refractivity contribution is -0.155. The number of halogens is 2. The van der Waals surface area contributed by atoms with Gasteiger partial charge in [0.05, 0.1) is 22.7 Å². The molecule has 0 saturated carbocycles. The average Bonchev–Trinajstić information content (AvgIpc) is 2.87. The summed E-state index contributed by atoms with van der Waals surface area (Å²) in [6, 6.07) is 12.2. The van der Waals surface area contributed by atoms with Crippen LogP contribution in [-0.4, -0.2) is 44.1 Å². The second kappa shape index (κ2) is 10.6. The Morgan fingerprint density at radius 1 is 1.14 bits per heavy atom. The third-order valence-corrected chi connectivity index (χ3v) is 8.11. The predicted octanol–water partition coefficient (Wildman–Crippen LogP) is 5.21. The summed E-state index contributed by atoms with van der Waals surface area (Å²) in [4.78, 5) is 23.0. The first kappa shape index (κ1) is 26.8. The maximum atomic E-state index is 14.1. The van der Waals surface area contributed by atoms with E-state index in [9.17, 15) is 17.6 Å². The van der Waals surface area contributed by atoms with Gasteiger partial charge in [-0.05, 0) is 69.5 Å². The Morgan fingerprint density at radius 3 is 2.54 bits per heavy atom. The molecule has 2 aromatic heterocycles. The van der Waals surface area contributed by atoms with Crippen molar-refractivity contribution in [1.82, 2.24) is 9.97 Å². The minimum atomic E-state index is -4.09. The number of hydrogen-bond acceptors (Lipinski definition) is 7. The molecule has 0 bridgehead atoms. The number of anilines is 2. The quantitative estimate of drug-likeness (QED) is 0.406. The Morgan fingerprint density at radius 2 is 1.84 bits per heavy atom. The molecule has 1 aliphatic heterocycles. The molecule has 196 valence electrons. The third-order valence-electron chi connectivity index (χ3n) is 6.55. The van der Waals surface area contributed by atoms with Gasteiger partial charge in [0.15, 0.2) is 5.03 Å². The Bertz CT molecular complexity index is 1430. The molecule has 37 heavy (non-hydrogen) atoms. The van der Waals surface area contributed by atoms with Gasteiger partial charge in [-0.25, -0.2) is 14.4 Å². The number of carbonyl (C=O) groups excluding carboxylic acids is 1. The number of piperidine rings is 1. The number of benzene rings is 1. The van der Waals surface area contributed by atoms with Crippen molar-refractivity contribution in [2.75, 3.05) is 29.3 Å². The first-order valence-corrected chi connectivity index (χ1v) is 13.7. The summed E-state index contributed by atoms with van der Waals surface area (Å²) in [5.74, 6) is -0.110. The summed E-state index contributed by atoms with van der Waals surface area (Å²) in [5.41, 5.74) is 0.506. The van der Waals surface area contributed by atoms with Gasteiger partial charge in [-0.1, -0.05) is 29.8 Å². The molecule has 8 nitrogen and oxygen atoms in total. The minimum absolute atomic E-state index is 0.0263. The topological polar surface area (TPSA) is 101 Å². The number of rotatable bonds is 7. The zero-order valence-electron chi connectivity index (χ0n) is 20.8. The van der Waals surface area contributed by atoms with Gasteiger partial charge in [0.25, 0.3) is 10.0 Å². The Labute approximate surface area is 220 Å². The zero-order chi connectivity index (χ0) is 26.8. The number of aromatic nitrogens is 2. The van der Waals surface area contributed by atoms with Crippen LogP contribution in [0, 0.1) is 18.2 Å². The van der Waals surface area contributed by atoms with Gasteiger partial charge in [-0.15, -0.1) is 0 Å². The highest BCUT2D eigenvalue weighted by Crippen LogP contribution is 2.34. The van der Waals surface area contributed by atoms with Gasteiger partial charge in [-0.2, -0.15) is 8.42 Å². The fraction of sp³-hybridized carbons (Fsp3) is 0.346. The van der Waals surface area contributed by atoms with Crippen LogP contribution < -0.4 is 9.62 Å². The van der Waals surface area contributed by atoms with Crippen LogP contribution in [0.5, 0.6) is 0 Å². The maximum absolute atomic E-state index is 14.1. The highest BCUT2D eigenvalue weighted by Gasteiger charge is 2.38. The number of pyridine rings is 2. The number of ether oxygens (including phenoxy) is 1. The number of nitrogens with zero attached hydrogens (tertiary/aromatic N) is 3. The van der Waals surface area contributed by atoms with Crippen molar-refractivity contribution in [2.45, 2.75) is 38.6 Å². The largest absolute Gasteiger partial charge is 0.466 e. The first-order chi connectivity index (χ1) is 17.5. The number of sulfonamides is 1. The molecule has 0 aliphatic carbocycles. The van der Waals surface area contributed by atoms with Crippen molar-refractivity contribution >= 4 is 39.2 Å². The van der Waals surface area contributed by atoms with Gasteiger partial charge >= 0.3 is 5.97 Å². The highest BCUT2D eigenvalue weighted by atomic mass is 35.5. The summed E-state index contributed by atoms with van der Waals surface area (Å²) in [6.45, 7) is 6.67. The van der Waals surface area contributed by atoms with E-state index in [1.807, 2.05) is 11.8 Å². The normalized spacial score (nSPS) is 15.3. The molecule has 1 saturated heterocycles. The van der Waals surface area contributed by atoms with Gasteiger partial charge in [0, 0.05) is 18.7 Å². The van der Waals surface area contributed by atoms with E-state index < -0.39 is 21.3 Å². The molecule has 0 amide bonds. The van der Waals surface area contributed by atoms with Crippen molar-refractivity contribution in [3.63, 3.8) is 0 Å². The van der Waals surface area contributed by atoms with E-state index in [0.29, 0.717) is 49.5 Å². The van der Waals surface area contributed by atoms with E-state index in [4.69, 9.17) is 16.3 Å². The molecule has 4 rings (SSSR count). The van der Waals surface area contributed by atoms with E-state index in [1.54, 1.807) is 32.0 Å². The summed E-state index contributed by atoms with van der Waals surface area (Å²) in [6.07, 6.45) is 1.14. The Kier molecular flexibility index (Phi) is 7.70. The van der Waals surface area contributed by atoms with E-state index in [-0.39, 0.29) is 27.5 Å². The predicted molar refractivity (Wildman–Crippen MR) is 141 cm³/mol. The summed E-state index contributed by atoms with van der Waals surface area (Å²) < 4.78 is 48.1. The summed E-state index contributed by atoms with van der Waals surface area (Å²) >= 11 is 6.30. The van der Waals surface area contributed by atoms with Gasteiger partial charge in [0.2, 0.25) is 0 Å². The lowest BCUT2D eigenvalue weighted by atomic mass is 9.80. The number of hydrogen-bond donors (Lipinski definition) is 1. The lowest BCUT2D eigenvalue weighted by Crippen LogP contribution is -2.43. The van der Waals surface area contributed by atoms with Crippen molar-refractivity contribution in [1.29, 1.82) is 0 Å². The van der Waals surface area contributed by atoms with Crippen LogP contribution in [0.3, 0.4) is 0 Å². The van der Waals surface area contributed by atoms with Crippen LogP contribution in [0.15, 0.2) is 53.6 Å². The first-order valence-electron chi connectivity index (χ1n) is 11.9. The average molecular weight is 547 g/mol. The number of esters is 1.